The maximum atomic E-state index is 12.2. The van der Waals surface area contributed by atoms with E-state index in [0.29, 0.717) is 12.1 Å². The van der Waals surface area contributed by atoms with E-state index in [9.17, 15) is 31.1 Å². The van der Waals surface area contributed by atoms with Gasteiger partial charge in [0.2, 0.25) is 0 Å². The average molecular weight is 363 g/mol. The molecule has 0 heterocycles. The Morgan fingerprint density at radius 3 is 1.68 bits per heavy atom. The van der Waals surface area contributed by atoms with Crippen molar-refractivity contribution in [1.82, 2.24) is 0 Å². The van der Waals surface area contributed by atoms with Crippen LogP contribution in [0, 0.1) is 0 Å². The van der Waals surface area contributed by atoms with E-state index in [1.54, 1.807) is 0 Å². The molecule has 25 heavy (non-hydrogen) atoms. The molecule has 2 rings (SSSR count). The van der Waals surface area contributed by atoms with Gasteiger partial charge in [0, 0.05) is 5.56 Å². The van der Waals surface area contributed by atoms with E-state index in [1.165, 1.54) is 5.56 Å². The molecule has 0 fully saturated rings. The van der Waals surface area contributed by atoms with Crippen molar-refractivity contribution in [1.29, 1.82) is 0 Å². The third-order valence-corrected chi connectivity index (χ3v) is 3.02. The Morgan fingerprint density at radius 2 is 1.32 bits per heavy atom. The molecule has 0 radical (unpaired) electrons. The molecule has 2 N–H and O–H groups in total. The fraction of sp³-hybridized carbons (Fsp3) is 0.235. The number of benzene rings is 2. The Hall–Kier alpha value is -2.35. The normalized spacial score (nSPS) is 11.5. The Labute approximate surface area is 140 Å². The van der Waals surface area contributed by atoms with E-state index in [0.717, 1.165) is 13.0 Å². The number of aldehydes is 1. The van der Waals surface area contributed by atoms with Crippen LogP contribution in [0.5, 0.6) is 0 Å². The van der Waals surface area contributed by atoms with Gasteiger partial charge in [-0.15, -0.1) is 0 Å². The van der Waals surface area contributed by atoms with Crippen LogP contribution in [-0.4, -0.2) is 12.8 Å². The first-order chi connectivity index (χ1) is 11.6. The first-order valence-corrected chi connectivity index (χ1v) is 7.06. The SMILES string of the molecule is NCCc1ccccc1.O=Cc1cc(C(F)(F)F)cc(C(F)(F)F)c1. The minimum atomic E-state index is -4.92. The van der Waals surface area contributed by atoms with Crippen LogP contribution in [0.4, 0.5) is 26.3 Å². The molecule has 2 aromatic carbocycles. The summed E-state index contributed by atoms with van der Waals surface area (Å²) in [5.41, 5.74) is 3.02. The summed E-state index contributed by atoms with van der Waals surface area (Å²) in [5.74, 6) is 0. The van der Waals surface area contributed by atoms with Gasteiger partial charge in [0.1, 0.15) is 6.29 Å². The highest BCUT2D eigenvalue weighted by Gasteiger charge is 2.36. The van der Waals surface area contributed by atoms with Gasteiger partial charge in [-0.3, -0.25) is 4.79 Å². The van der Waals surface area contributed by atoms with Crippen molar-refractivity contribution < 1.29 is 31.1 Å². The number of carbonyl (C=O) groups is 1. The van der Waals surface area contributed by atoms with Crippen molar-refractivity contribution in [2.75, 3.05) is 6.54 Å². The van der Waals surface area contributed by atoms with Crippen LogP contribution < -0.4 is 5.73 Å². The van der Waals surface area contributed by atoms with Crippen LogP contribution >= 0.6 is 0 Å². The van der Waals surface area contributed by atoms with Gasteiger partial charge in [0.05, 0.1) is 11.1 Å². The van der Waals surface area contributed by atoms with Crippen LogP contribution in [0.2, 0.25) is 0 Å². The van der Waals surface area contributed by atoms with Gasteiger partial charge in [0.15, 0.2) is 0 Å². The lowest BCUT2D eigenvalue weighted by atomic mass is 10.1. The molecule has 2 aromatic rings. The Bertz CT molecular complexity index is 648. The van der Waals surface area contributed by atoms with Crippen LogP contribution in [0.25, 0.3) is 0 Å². The summed E-state index contributed by atoms with van der Waals surface area (Å²) in [6, 6.07) is 11.0. The van der Waals surface area contributed by atoms with Crippen molar-refractivity contribution in [2.45, 2.75) is 18.8 Å². The monoisotopic (exact) mass is 363 g/mol. The minimum absolute atomic E-state index is 0.0347. The number of alkyl halides is 6. The third-order valence-electron chi connectivity index (χ3n) is 3.02. The van der Waals surface area contributed by atoms with Gasteiger partial charge in [-0.05, 0) is 36.7 Å². The number of hydrogen-bond donors (Lipinski definition) is 1. The van der Waals surface area contributed by atoms with Gasteiger partial charge in [-0.1, -0.05) is 30.3 Å². The molecule has 0 aliphatic carbocycles. The largest absolute Gasteiger partial charge is 0.416 e. The highest BCUT2D eigenvalue weighted by atomic mass is 19.4. The maximum Gasteiger partial charge on any atom is 0.416 e. The number of carbonyl (C=O) groups excluding carboxylic acids is 1. The maximum absolute atomic E-state index is 12.2. The number of rotatable bonds is 3. The fourth-order valence-electron chi connectivity index (χ4n) is 1.86. The van der Waals surface area contributed by atoms with Crippen LogP contribution in [-0.2, 0) is 18.8 Å². The highest BCUT2D eigenvalue weighted by Crippen LogP contribution is 2.35. The summed E-state index contributed by atoms with van der Waals surface area (Å²) in [6.07, 6.45) is -8.91. The van der Waals surface area contributed by atoms with Gasteiger partial charge >= 0.3 is 12.4 Å². The lowest BCUT2D eigenvalue weighted by molar-refractivity contribution is -0.143. The molecule has 0 spiro atoms. The van der Waals surface area contributed by atoms with Crippen molar-refractivity contribution in [3.63, 3.8) is 0 Å². The molecule has 0 amide bonds. The molecular weight excluding hydrogens is 348 g/mol. The summed E-state index contributed by atoms with van der Waals surface area (Å²) in [4.78, 5) is 10.2. The molecule has 0 bridgehead atoms. The highest BCUT2D eigenvalue weighted by molar-refractivity contribution is 5.75. The van der Waals surface area contributed by atoms with E-state index in [-0.39, 0.29) is 12.4 Å². The first kappa shape index (κ1) is 20.7. The lowest BCUT2D eigenvalue weighted by Gasteiger charge is -2.12. The van der Waals surface area contributed by atoms with E-state index in [1.807, 2.05) is 18.2 Å². The number of nitrogens with two attached hydrogens (primary N) is 1. The van der Waals surface area contributed by atoms with Gasteiger partial charge in [-0.2, -0.15) is 26.3 Å². The molecule has 8 heteroatoms. The Balaban J connectivity index is 0.000000293. The van der Waals surface area contributed by atoms with Crippen LogP contribution in [0.3, 0.4) is 0 Å². The third kappa shape index (κ3) is 6.96. The average Bonchev–Trinajstić information content (AvgIpc) is 2.54. The molecule has 0 atom stereocenters. The smallest absolute Gasteiger partial charge is 0.330 e. The Kier molecular flexibility index (Phi) is 7.17. The van der Waals surface area contributed by atoms with Gasteiger partial charge in [0.25, 0.3) is 0 Å². The lowest BCUT2D eigenvalue weighted by Crippen LogP contribution is -2.11. The zero-order valence-electron chi connectivity index (χ0n) is 12.9. The molecule has 0 saturated carbocycles. The van der Waals surface area contributed by atoms with Crippen LogP contribution in [0.1, 0.15) is 27.0 Å². The number of hydrogen-bond acceptors (Lipinski definition) is 2. The second-order valence-electron chi connectivity index (χ2n) is 4.98. The van der Waals surface area contributed by atoms with Crippen molar-refractivity contribution in [3.05, 3.63) is 70.8 Å². The van der Waals surface area contributed by atoms with Crippen molar-refractivity contribution in [2.24, 2.45) is 5.73 Å². The van der Waals surface area contributed by atoms with Crippen LogP contribution in [0.15, 0.2) is 48.5 Å². The number of halogens is 6. The van der Waals surface area contributed by atoms with E-state index in [2.05, 4.69) is 12.1 Å². The summed E-state index contributed by atoms with van der Waals surface area (Å²) < 4.78 is 73.1. The van der Waals surface area contributed by atoms with Gasteiger partial charge < -0.3 is 5.73 Å². The Morgan fingerprint density at radius 1 is 0.840 bits per heavy atom. The van der Waals surface area contributed by atoms with E-state index in [4.69, 9.17) is 5.73 Å². The predicted molar refractivity (Wildman–Crippen MR) is 81.0 cm³/mol. The molecular formula is C17H15F6NO. The minimum Gasteiger partial charge on any atom is -0.330 e. The van der Waals surface area contributed by atoms with E-state index < -0.39 is 29.0 Å². The van der Waals surface area contributed by atoms with Crippen molar-refractivity contribution in [3.8, 4) is 0 Å². The second kappa shape index (κ2) is 8.66. The zero-order chi connectivity index (χ0) is 19.1. The summed E-state index contributed by atoms with van der Waals surface area (Å²) >= 11 is 0. The molecule has 0 aromatic heterocycles. The fourth-order valence-corrected chi connectivity index (χ4v) is 1.86. The molecule has 0 saturated heterocycles. The molecule has 2 nitrogen and oxygen atoms in total. The standard InChI is InChI=1S/C9H4F6O.C8H11N/c10-8(11,12)6-1-5(4-16)2-7(3-6)9(13,14)15;9-7-6-8-4-2-1-3-5-8/h1-4H;1-5H,6-7,9H2. The molecule has 0 aliphatic rings. The quantitative estimate of drug-likeness (QED) is 0.633. The summed E-state index contributed by atoms with van der Waals surface area (Å²) in [6.45, 7) is 0.740. The summed E-state index contributed by atoms with van der Waals surface area (Å²) in [5, 5.41) is 0. The molecule has 136 valence electrons. The zero-order valence-corrected chi connectivity index (χ0v) is 12.9. The first-order valence-electron chi connectivity index (χ1n) is 7.06. The van der Waals surface area contributed by atoms with E-state index >= 15 is 0 Å². The summed E-state index contributed by atoms with van der Waals surface area (Å²) in [7, 11) is 0. The topological polar surface area (TPSA) is 43.1 Å². The predicted octanol–water partition coefficient (Wildman–Crippen LogP) is 4.72. The molecule has 0 aliphatic heterocycles. The van der Waals surface area contributed by atoms with Crippen molar-refractivity contribution >= 4 is 6.29 Å². The molecule has 0 unspecified atom stereocenters. The second-order valence-corrected chi connectivity index (χ2v) is 4.98. The van der Waals surface area contributed by atoms with Gasteiger partial charge in [-0.25, -0.2) is 0 Å².